The Balaban J connectivity index is 2.02. The second-order valence-electron chi connectivity index (χ2n) is 5.69. The molecule has 18 heavy (non-hydrogen) atoms. The minimum absolute atomic E-state index is 0.605. The van der Waals surface area contributed by atoms with Crippen LogP contribution in [0.15, 0.2) is 29.2 Å². The topological polar surface area (TPSA) is 23.5 Å². The smallest absolute Gasteiger partial charge is 0.0718 e. The van der Waals surface area contributed by atoms with E-state index < -0.39 is 5.60 Å². The van der Waals surface area contributed by atoms with Gasteiger partial charge in [0, 0.05) is 29.7 Å². The molecule has 0 aliphatic carbocycles. The van der Waals surface area contributed by atoms with Gasteiger partial charge in [-0.15, -0.1) is 11.8 Å². The molecule has 1 atom stereocenters. The quantitative estimate of drug-likeness (QED) is 0.885. The van der Waals surface area contributed by atoms with Crippen LogP contribution >= 0.6 is 11.8 Å². The third-order valence-electron chi connectivity index (χ3n) is 3.34. The molecule has 0 saturated carbocycles. The summed E-state index contributed by atoms with van der Waals surface area (Å²) in [6.45, 7) is 8.71. The van der Waals surface area contributed by atoms with Crippen molar-refractivity contribution in [1.29, 1.82) is 0 Å². The van der Waals surface area contributed by atoms with Gasteiger partial charge in [-0.25, -0.2) is 0 Å². The second-order valence-corrected chi connectivity index (χ2v) is 6.75. The van der Waals surface area contributed by atoms with Gasteiger partial charge >= 0.3 is 0 Å². The van der Waals surface area contributed by atoms with E-state index >= 15 is 0 Å². The average molecular weight is 265 g/mol. The fourth-order valence-electron chi connectivity index (χ4n) is 2.54. The number of nitrogens with zero attached hydrogens (tertiary/aromatic N) is 1. The Morgan fingerprint density at radius 1 is 1.39 bits per heavy atom. The summed E-state index contributed by atoms with van der Waals surface area (Å²) in [6.07, 6.45) is 0. The number of hydrogen-bond donors (Lipinski definition) is 1. The van der Waals surface area contributed by atoms with Crippen LogP contribution in [0.4, 0.5) is 0 Å². The average Bonchev–Trinajstić information content (AvgIpc) is 2.70. The molecule has 0 spiro atoms. The Kier molecular flexibility index (Phi) is 4.36. The van der Waals surface area contributed by atoms with Crippen molar-refractivity contribution in [1.82, 2.24) is 4.90 Å². The molecule has 0 radical (unpaired) electrons. The molecule has 1 aliphatic rings. The van der Waals surface area contributed by atoms with Gasteiger partial charge in [-0.3, -0.25) is 0 Å². The van der Waals surface area contributed by atoms with Crippen molar-refractivity contribution in [3.8, 4) is 0 Å². The van der Waals surface area contributed by atoms with Crippen LogP contribution < -0.4 is 0 Å². The highest BCUT2D eigenvalue weighted by molar-refractivity contribution is 7.99. The zero-order valence-electron chi connectivity index (χ0n) is 11.5. The lowest BCUT2D eigenvalue weighted by Gasteiger charge is -2.30. The molecule has 1 N–H and O–H groups in total. The van der Waals surface area contributed by atoms with Crippen LogP contribution in [0, 0.1) is 0 Å². The van der Waals surface area contributed by atoms with Gasteiger partial charge in [0.2, 0.25) is 0 Å². The molecule has 2 rings (SSSR count). The van der Waals surface area contributed by atoms with E-state index in [9.17, 15) is 5.11 Å². The van der Waals surface area contributed by atoms with Crippen LogP contribution in [0.5, 0.6) is 0 Å². The Hall–Kier alpha value is -0.510. The normalized spacial score (nSPS) is 19.3. The van der Waals surface area contributed by atoms with E-state index in [1.807, 2.05) is 25.6 Å². The first-order valence-electron chi connectivity index (χ1n) is 6.66. The first kappa shape index (κ1) is 13.9. The van der Waals surface area contributed by atoms with Crippen LogP contribution in [0.3, 0.4) is 0 Å². The van der Waals surface area contributed by atoms with Crippen molar-refractivity contribution in [2.24, 2.45) is 0 Å². The minimum atomic E-state index is -0.610. The first-order chi connectivity index (χ1) is 8.49. The van der Waals surface area contributed by atoms with Crippen LogP contribution in [-0.2, 0) is 0 Å². The Labute approximate surface area is 114 Å². The van der Waals surface area contributed by atoms with Crippen molar-refractivity contribution in [3.63, 3.8) is 0 Å². The standard InChI is InChI=1S/C15H23NOS/c1-4-16(11-15(2,3)17)9-12-10-18-14-8-6-5-7-13(12)14/h5-8,12,17H,4,9-11H2,1-3H3. The van der Waals surface area contributed by atoms with Gasteiger partial charge in [-0.1, -0.05) is 25.1 Å². The summed E-state index contributed by atoms with van der Waals surface area (Å²) < 4.78 is 0. The summed E-state index contributed by atoms with van der Waals surface area (Å²) in [7, 11) is 0. The highest BCUT2D eigenvalue weighted by Gasteiger charge is 2.26. The molecule has 1 heterocycles. The van der Waals surface area contributed by atoms with E-state index in [0.717, 1.165) is 19.6 Å². The third kappa shape index (κ3) is 3.50. The van der Waals surface area contributed by atoms with E-state index in [-0.39, 0.29) is 0 Å². The number of likely N-dealkylation sites (N-methyl/N-ethyl adjacent to an activating group) is 1. The predicted molar refractivity (Wildman–Crippen MR) is 78.3 cm³/mol. The van der Waals surface area contributed by atoms with Gasteiger partial charge in [0.25, 0.3) is 0 Å². The number of thioether (sulfide) groups is 1. The van der Waals surface area contributed by atoms with Crippen LogP contribution in [0.25, 0.3) is 0 Å². The predicted octanol–water partition coefficient (Wildman–Crippen LogP) is 2.97. The molecule has 1 aromatic carbocycles. The summed E-state index contributed by atoms with van der Waals surface area (Å²) in [5.41, 5.74) is 0.873. The lowest BCUT2D eigenvalue weighted by molar-refractivity contribution is 0.0365. The Morgan fingerprint density at radius 3 is 2.78 bits per heavy atom. The van der Waals surface area contributed by atoms with Crippen molar-refractivity contribution in [3.05, 3.63) is 29.8 Å². The Morgan fingerprint density at radius 2 is 2.11 bits per heavy atom. The molecule has 0 aromatic heterocycles. The molecule has 0 bridgehead atoms. The molecule has 3 heteroatoms. The summed E-state index contributed by atoms with van der Waals surface area (Å²) >= 11 is 1.96. The lowest BCUT2D eigenvalue weighted by atomic mass is 10.00. The summed E-state index contributed by atoms with van der Waals surface area (Å²) in [4.78, 5) is 3.79. The van der Waals surface area contributed by atoms with Crippen molar-refractivity contribution in [2.75, 3.05) is 25.4 Å². The lowest BCUT2D eigenvalue weighted by Crippen LogP contribution is -2.40. The van der Waals surface area contributed by atoms with E-state index in [0.29, 0.717) is 5.92 Å². The van der Waals surface area contributed by atoms with Gasteiger partial charge in [-0.2, -0.15) is 0 Å². The number of hydrogen-bond acceptors (Lipinski definition) is 3. The van der Waals surface area contributed by atoms with Gasteiger partial charge < -0.3 is 10.0 Å². The molecule has 1 unspecified atom stereocenters. The number of aliphatic hydroxyl groups is 1. The maximum Gasteiger partial charge on any atom is 0.0718 e. The zero-order chi connectivity index (χ0) is 13.2. The second kappa shape index (κ2) is 5.64. The van der Waals surface area contributed by atoms with Gasteiger partial charge in [-0.05, 0) is 32.0 Å². The third-order valence-corrected chi connectivity index (χ3v) is 4.59. The van der Waals surface area contributed by atoms with E-state index in [2.05, 4.69) is 36.1 Å². The van der Waals surface area contributed by atoms with Crippen molar-refractivity contribution < 1.29 is 5.11 Å². The number of fused-ring (bicyclic) bond motifs is 1. The molecule has 0 fully saturated rings. The van der Waals surface area contributed by atoms with Gasteiger partial charge in [0.1, 0.15) is 0 Å². The molecule has 100 valence electrons. The maximum absolute atomic E-state index is 9.94. The molecule has 1 aromatic rings. The monoisotopic (exact) mass is 265 g/mol. The summed E-state index contributed by atoms with van der Waals surface area (Å²) in [6, 6.07) is 8.71. The number of benzene rings is 1. The molecule has 2 nitrogen and oxygen atoms in total. The molecule has 0 saturated heterocycles. The van der Waals surface area contributed by atoms with Crippen molar-refractivity contribution >= 4 is 11.8 Å². The highest BCUT2D eigenvalue weighted by atomic mass is 32.2. The van der Waals surface area contributed by atoms with Gasteiger partial charge in [0.05, 0.1) is 5.60 Å². The van der Waals surface area contributed by atoms with Gasteiger partial charge in [0.15, 0.2) is 0 Å². The molecular weight excluding hydrogens is 242 g/mol. The fraction of sp³-hybridized carbons (Fsp3) is 0.600. The zero-order valence-corrected chi connectivity index (χ0v) is 12.3. The fourth-order valence-corrected chi connectivity index (χ4v) is 3.79. The molecule has 1 aliphatic heterocycles. The maximum atomic E-state index is 9.94. The van der Waals surface area contributed by atoms with E-state index in [1.165, 1.54) is 16.2 Å². The Bertz CT molecular complexity index is 400. The van der Waals surface area contributed by atoms with Crippen LogP contribution in [0.2, 0.25) is 0 Å². The van der Waals surface area contributed by atoms with Crippen LogP contribution in [-0.4, -0.2) is 41.0 Å². The van der Waals surface area contributed by atoms with Crippen LogP contribution in [0.1, 0.15) is 32.3 Å². The highest BCUT2D eigenvalue weighted by Crippen LogP contribution is 2.39. The SMILES string of the molecule is CCN(CC1CSc2ccccc21)CC(C)(C)O. The van der Waals surface area contributed by atoms with Crippen molar-refractivity contribution in [2.45, 2.75) is 37.2 Å². The molecular formula is C15H23NOS. The van der Waals surface area contributed by atoms with E-state index in [1.54, 1.807) is 0 Å². The number of rotatable bonds is 5. The molecule has 0 amide bonds. The minimum Gasteiger partial charge on any atom is -0.389 e. The van der Waals surface area contributed by atoms with E-state index in [4.69, 9.17) is 0 Å². The largest absolute Gasteiger partial charge is 0.389 e. The summed E-state index contributed by atoms with van der Waals surface area (Å²) in [5.74, 6) is 1.77. The summed E-state index contributed by atoms with van der Waals surface area (Å²) in [5, 5.41) is 9.94. The first-order valence-corrected chi connectivity index (χ1v) is 7.64.